The summed E-state index contributed by atoms with van der Waals surface area (Å²) in [4.78, 5) is 13.2. The van der Waals surface area contributed by atoms with Crippen LogP contribution >= 0.6 is 0 Å². The van der Waals surface area contributed by atoms with Gasteiger partial charge in [-0.3, -0.25) is 9.10 Å². The van der Waals surface area contributed by atoms with E-state index in [4.69, 9.17) is 9.47 Å². The fourth-order valence-electron chi connectivity index (χ4n) is 3.66. The lowest BCUT2D eigenvalue weighted by Gasteiger charge is -2.31. The molecule has 170 valence electrons. The van der Waals surface area contributed by atoms with Crippen molar-refractivity contribution in [1.82, 2.24) is 5.32 Å². The first-order chi connectivity index (χ1) is 14.5. The smallest absolute Gasteiger partial charge is 0.244 e. The van der Waals surface area contributed by atoms with Gasteiger partial charge in [0.25, 0.3) is 0 Å². The summed E-state index contributed by atoms with van der Waals surface area (Å²) in [7, 11) is -0.867. The van der Waals surface area contributed by atoms with E-state index in [9.17, 15) is 13.2 Å². The molecule has 0 radical (unpaired) electrons. The molecule has 0 unspecified atom stereocenters. The van der Waals surface area contributed by atoms with Gasteiger partial charge in [0.2, 0.25) is 15.9 Å². The highest BCUT2D eigenvalue weighted by Gasteiger charge is 2.32. The first-order valence-corrected chi connectivity index (χ1v) is 12.0. The zero-order valence-corrected chi connectivity index (χ0v) is 20.0. The number of carbonyl (C=O) groups excluding carboxylic acids is 1. The van der Waals surface area contributed by atoms with Gasteiger partial charge in [-0.2, -0.15) is 0 Å². The van der Waals surface area contributed by atoms with Crippen LogP contribution in [0.3, 0.4) is 0 Å². The van der Waals surface area contributed by atoms with Gasteiger partial charge in [-0.25, -0.2) is 8.42 Å². The zero-order valence-electron chi connectivity index (χ0n) is 19.2. The third kappa shape index (κ3) is 5.70. The summed E-state index contributed by atoms with van der Waals surface area (Å²) in [6.07, 6.45) is 1.74. The van der Waals surface area contributed by atoms with E-state index in [1.807, 2.05) is 32.9 Å². The van der Waals surface area contributed by atoms with E-state index in [-0.39, 0.29) is 11.7 Å². The Balaban J connectivity index is 2.42. The minimum atomic E-state index is -3.80. The van der Waals surface area contributed by atoms with Crippen molar-refractivity contribution >= 4 is 21.6 Å². The van der Waals surface area contributed by atoms with Crippen LogP contribution in [0.15, 0.2) is 36.4 Å². The second-order valence-electron chi connectivity index (χ2n) is 7.60. The molecule has 0 bridgehead atoms. The molecule has 2 atom stereocenters. The van der Waals surface area contributed by atoms with Crippen LogP contribution in [0.1, 0.15) is 43.0 Å². The van der Waals surface area contributed by atoms with Crippen molar-refractivity contribution < 1.29 is 22.7 Å². The molecule has 0 saturated carbocycles. The maximum absolute atomic E-state index is 13.2. The average Bonchev–Trinajstić information content (AvgIpc) is 2.71. The van der Waals surface area contributed by atoms with E-state index in [1.54, 1.807) is 25.1 Å². The predicted molar refractivity (Wildman–Crippen MR) is 123 cm³/mol. The molecule has 0 aliphatic heterocycles. The molecule has 1 N–H and O–H groups in total. The second-order valence-corrected chi connectivity index (χ2v) is 9.46. The van der Waals surface area contributed by atoms with Gasteiger partial charge in [0, 0.05) is 6.07 Å². The van der Waals surface area contributed by atoms with Crippen LogP contribution in [0, 0.1) is 13.8 Å². The maximum atomic E-state index is 13.2. The van der Waals surface area contributed by atoms with Crippen LogP contribution in [0.2, 0.25) is 0 Å². The van der Waals surface area contributed by atoms with Crippen LogP contribution in [0.25, 0.3) is 0 Å². The maximum Gasteiger partial charge on any atom is 0.244 e. The van der Waals surface area contributed by atoms with E-state index in [0.29, 0.717) is 17.9 Å². The number of carbonyl (C=O) groups is 1. The molecule has 7 nitrogen and oxygen atoms in total. The minimum Gasteiger partial charge on any atom is -0.497 e. The van der Waals surface area contributed by atoms with E-state index in [1.165, 1.54) is 14.2 Å². The van der Waals surface area contributed by atoms with Gasteiger partial charge in [-0.1, -0.05) is 30.7 Å². The molecular formula is C23H32N2O5S. The van der Waals surface area contributed by atoms with Crippen LogP contribution in [-0.2, 0) is 14.8 Å². The van der Waals surface area contributed by atoms with E-state index < -0.39 is 22.0 Å². The van der Waals surface area contributed by atoms with Crippen LogP contribution in [-0.4, -0.2) is 40.8 Å². The first kappa shape index (κ1) is 24.5. The molecular weight excluding hydrogens is 416 g/mol. The number of sulfonamides is 1. The quantitative estimate of drug-likeness (QED) is 0.632. The molecule has 0 saturated heterocycles. The topological polar surface area (TPSA) is 84.9 Å². The number of benzene rings is 2. The standard InChI is InChI=1S/C23H32N2O5S/c1-8-20(19-11-9-15(2)13-16(19)3)24-23(26)17(4)25(31(7,27)28)21-14-18(29-5)10-12-22(21)30-6/h9-14,17,20H,8H2,1-7H3,(H,24,26)/t17-,20+/m1/s1. The number of nitrogens with zero attached hydrogens (tertiary/aromatic N) is 1. The summed E-state index contributed by atoms with van der Waals surface area (Å²) in [5, 5.41) is 3.01. The second kappa shape index (κ2) is 10.0. The number of ether oxygens (including phenoxy) is 2. The highest BCUT2D eigenvalue weighted by molar-refractivity contribution is 7.92. The SMILES string of the molecule is CC[C@H](NC(=O)[C@@H](C)N(c1cc(OC)ccc1OC)S(C)(=O)=O)c1ccc(C)cc1C. The lowest BCUT2D eigenvalue weighted by atomic mass is 9.97. The number of amides is 1. The van der Waals surface area contributed by atoms with Gasteiger partial charge < -0.3 is 14.8 Å². The molecule has 0 spiro atoms. The Morgan fingerprint density at radius 2 is 1.77 bits per heavy atom. The van der Waals surface area contributed by atoms with Crippen molar-refractivity contribution in [1.29, 1.82) is 0 Å². The fraction of sp³-hybridized carbons (Fsp3) is 0.435. The van der Waals surface area contributed by atoms with Gasteiger partial charge in [0.05, 0.1) is 32.2 Å². The highest BCUT2D eigenvalue weighted by atomic mass is 32.2. The molecule has 2 rings (SSSR count). The van der Waals surface area contributed by atoms with E-state index >= 15 is 0 Å². The van der Waals surface area contributed by atoms with Gasteiger partial charge in [-0.05, 0) is 50.5 Å². The van der Waals surface area contributed by atoms with Gasteiger partial charge in [0.1, 0.15) is 17.5 Å². The number of aryl methyl sites for hydroxylation is 2. The van der Waals surface area contributed by atoms with Crippen molar-refractivity contribution in [2.75, 3.05) is 24.8 Å². The van der Waals surface area contributed by atoms with Crippen molar-refractivity contribution in [3.8, 4) is 11.5 Å². The normalized spacial score (nSPS) is 13.3. The summed E-state index contributed by atoms with van der Waals surface area (Å²) in [6, 6.07) is 9.67. The molecule has 0 aliphatic rings. The van der Waals surface area contributed by atoms with E-state index in [0.717, 1.165) is 27.3 Å². The number of hydrogen-bond donors (Lipinski definition) is 1. The molecule has 0 fully saturated rings. The summed E-state index contributed by atoms with van der Waals surface area (Å²) < 4.78 is 37.1. The molecule has 0 aromatic heterocycles. The number of nitrogens with one attached hydrogen (secondary N) is 1. The number of methoxy groups -OCH3 is 2. The summed E-state index contributed by atoms with van der Waals surface area (Å²) >= 11 is 0. The Kier molecular flexibility index (Phi) is 7.95. The van der Waals surface area contributed by atoms with Crippen molar-refractivity contribution in [2.24, 2.45) is 0 Å². The fourth-order valence-corrected chi connectivity index (χ4v) is 4.83. The number of hydrogen-bond acceptors (Lipinski definition) is 5. The van der Waals surface area contributed by atoms with Gasteiger partial charge in [0.15, 0.2) is 0 Å². The lowest BCUT2D eigenvalue weighted by molar-refractivity contribution is -0.122. The predicted octanol–water partition coefficient (Wildman–Crippen LogP) is 3.74. The first-order valence-electron chi connectivity index (χ1n) is 10.1. The van der Waals surface area contributed by atoms with Gasteiger partial charge >= 0.3 is 0 Å². The third-order valence-corrected chi connectivity index (χ3v) is 6.46. The molecule has 1 amide bonds. The Morgan fingerprint density at radius 3 is 2.29 bits per heavy atom. The van der Waals surface area contributed by atoms with E-state index in [2.05, 4.69) is 11.4 Å². The van der Waals surface area contributed by atoms with Crippen LogP contribution < -0.4 is 19.1 Å². The summed E-state index contributed by atoms with van der Waals surface area (Å²) in [5.41, 5.74) is 3.48. The average molecular weight is 449 g/mol. The third-order valence-electron chi connectivity index (χ3n) is 5.24. The Morgan fingerprint density at radius 1 is 1.10 bits per heavy atom. The molecule has 0 heterocycles. The number of rotatable bonds is 9. The molecule has 2 aromatic carbocycles. The minimum absolute atomic E-state index is 0.232. The Labute approximate surface area is 185 Å². The Bertz CT molecular complexity index is 1040. The zero-order chi connectivity index (χ0) is 23.3. The van der Waals surface area contributed by atoms with Crippen LogP contribution in [0.4, 0.5) is 5.69 Å². The molecule has 8 heteroatoms. The van der Waals surface area contributed by atoms with Crippen molar-refractivity contribution in [2.45, 2.75) is 46.2 Å². The van der Waals surface area contributed by atoms with Gasteiger partial charge in [-0.15, -0.1) is 0 Å². The molecule has 2 aromatic rings. The molecule has 0 aliphatic carbocycles. The monoisotopic (exact) mass is 448 g/mol. The number of anilines is 1. The van der Waals surface area contributed by atoms with Crippen LogP contribution in [0.5, 0.6) is 11.5 Å². The summed E-state index contributed by atoms with van der Waals surface area (Å²) in [5.74, 6) is 0.383. The highest BCUT2D eigenvalue weighted by Crippen LogP contribution is 2.35. The Hall–Kier alpha value is -2.74. The van der Waals surface area contributed by atoms with Crippen molar-refractivity contribution in [3.63, 3.8) is 0 Å². The van der Waals surface area contributed by atoms with Crippen molar-refractivity contribution in [3.05, 3.63) is 53.1 Å². The summed E-state index contributed by atoms with van der Waals surface area (Å²) in [6.45, 7) is 7.56. The molecule has 31 heavy (non-hydrogen) atoms. The largest absolute Gasteiger partial charge is 0.497 e. The lowest BCUT2D eigenvalue weighted by Crippen LogP contribution is -2.48.